The lowest BCUT2D eigenvalue weighted by atomic mass is 10.1. The number of benzene rings is 2. The lowest BCUT2D eigenvalue weighted by Crippen LogP contribution is -2.14. The zero-order valence-electron chi connectivity index (χ0n) is 22.7. The third-order valence-corrected chi connectivity index (χ3v) is 6.41. The minimum atomic E-state index is -0.291. The Labute approximate surface area is 233 Å². The molecule has 1 amide bonds. The molecule has 1 unspecified atom stereocenters. The van der Waals surface area contributed by atoms with Gasteiger partial charge in [-0.15, -0.1) is 0 Å². The Kier molecular flexibility index (Phi) is 15.5. The topological polar surface area (TPSA) is 150 Å². The Morgan fingerprint density at radius 1 is 1.03 bits per heavy atom. The van der Waals surface area contributed by atoms with Crippen LogP contribution in [0.5, 0.6) is 0 Å². The van der Waals surface area contributed by atoms with E-state index in [0.717, 1.165) is 33.7 Å². The summed E-state index contributed by atoms with van der Waals surface area (Å²) < 4.78 is 0. The summed E-state index contributed by atoms with van der Waals surface area (Å²) in [5.74, 6) is -0.105. The second kappa shape index (κ2) is 18.3. The minimum absolute atomic E-state index is 0.105. The summed E-state index contributed by atoms with van der Waals surface area (Å²) >= 11 is 1.38. The van der Waals surface area contributed by atoms with Crippen LogP contribution in [-0.4, -0.2) is 40.0 Å². The number of nitrogens with two attached hydrogens (primary N) is 1. The minimum Gasteiger partial charge on any atom is -0.388 e. The molecule has 0 spiro atoms. The van der Waals surface area contributed by atoms with E-state index in [0.29, 0.717) is 22.9 Å². The fourth-order valence-electron chi connectivity index (χ4n) is 3.34. The van der Waals surface area contributed by atoms with Crippen LogP contribution in [0.3, 0.4) is 0 Å². The van der Waals surface area contributed by atoms with Crippen LogP contribution in [0, 0.1) is 13.8 Å². The fraction of sp³-hybridized carbons (Fsp3) is 0.241. The predicted molar refractivity (Wildman–Crippen MR) is 158 cm³/mol. The predicted octanol–water partition coefficient (Wildman–Crippen LogP) is 5.32. The summed E-state index contributed by atoms with van der Waals surface area (Å²) in [6.45, 7) is 7.65. The van der Waals surface area contributed by atoms with E-state index in [9.17, 15) is 9.90 Å². The highest BCUT2D eigenvalue weighted by molar-refractivity contribution is 7.19. The van der Waals surface area contributed by atoms with Crippen LogP contribution < -0.4 is 16.5 Å². The average molecular weight is 552 g/mol. The summed E-state index contributed by atoms with van der Waals surface area (Å²) in [7, 11) is 1.50. The summed E-state index contributed by atoms with van der Waals surface area (Å²) in [4.78, 5) is 29.8. The van der Waals surface area contributed by atoms with Crippen molar-refractivity contribution in [3.63, 3.8) is 0 Å². The summed E-state index contributed by atoms with van der Waals surface area (Å²) in [5, 5.41) is 21.9. The molecule has 0 saturated heterocycles. The van der Waals surface area contributed by atoms with Gasteiger partial charge in [0.05, 0.1) is 34.5 Å². The molecule has 0 fully saturated rings. The smallest absolute Gasteiger partial charge is 0.230 e. The van der Waals surface area contributed by atoms with Crippen LogP contribution >= 0.6 is 11.3 Å². The average Bonchev–Trinajstić information content (AvgIpc) is 3.35. The second-order valence-electron chi connectivity index (χ2n) is 7.95. The zero-order chi connectivity index (χ0) is 29.2. The molecule has 0 bridgehead atoms. The Balaban J connectivity index is 0.000000454. The van der Waals surface area contributed by atoms with Gasteiger partial charge in [0.25, 0.3) is 0 Å². The second-order valence-corrected chi connectivity index (χ2v) is 8.95. The first-order valence-electron chi connectivity index (χ1n) is 12.2. The van der Waals surface area contributed by atoms with Crippen LogP contribution in [-0.2, 0) is 16.0 Å². The molecule has 208 valence electrons. The lowest BCUT2D eigenvalue weighted by Gasteiger charge is -2.05. The van der Waals surface area contributed by atoms with Gasteiger partial charge in [-0.2, -0.15) is 0 Å². The van der Waals surface area contributed by atoms with Crippen molar-refractivity contribution >= 4 is 34.9 Å². The van der Waals surface area contributed by atoms with Gasteiger partial charge >= 0.3 is 0 Å². The number of nitrogens with zero attached hydrogens (tertiary/aromatic N) is 2. The fourth-order valence-corrected chi connectivity index (χ4v) is 4.31. The van der Waals surface area contributed by atoms with E-state index in [1.54, 1.807) is 19.2 Å². The van der Waals surface area contributed by atoms with Gasteiger partial charge in [0, 0.05) is 11.8 Å². The molecule has 0 radical (unpaired) electrons. The normalized spacial score (nSPS) is 10.3. The van der Waals surface area contributed by atoms with Crippen molar-refractivity contribution in [3.05, 3.63) is 95.4 Å². The highest BCUT2D eigenvalue weighted by atomic mass is 32.1. The van der Waals surface area contributed by atoms with E-state index in [-0.39, 0.29) is 12.0 Å². The molecule has 6 N–H and O–H groups in total. The Bertz CT molecular complexity index is 1250. The maximum Gasteiger partial charge on any atom is 0.230 e. The number of aliphatic hydroxyl groups excluding tert-OH is 1. The maximum absolute atomic E-state index is 12.2. The van der Waals surface area contributed by atoms with Crippen molar-refractivity contribution in [1.82, 2.24) is 9.97 Å². The summed E-state index contributed by atoms with van der Waals surface area (Å²) in [5.41, 5.74) is 11.5. The molecule has 0 saturated carbocycles. The van der Waals surface area contributed by atoms with E-state index >= 15 is 0 Å². The standard InChI is InChI=1S/C18H18N4O2S.C9H12O.CH5N.CH2O/c1-11-15(22-24)9-14(10-19-11)17-12(2)20-18(25-17)21-16(23)8-13-6-4-3-5-7-13;1-2-9(10)8-6-4-3-5-7-8;2*1-2/h3-7,9-10,22,24H,8H2,1-2H3,(H,20,21,23);3-7,9-10H,2H2,1H3;2H2,1H3;1H2. The van der Waals surface area contributed by atoms with Gasteiger partial charge < -0.3 is 21.0 Å². The maximum atomic E-state index is 12.2. The first kappa shape index (κ1) is 33.1. The molecule has 0 aliphatic rings. The Hall–Kier alpha value is -3.96. The number of pyridine rings is 1. The number of hydrogen-bond acceptors (Lipinski definition) is 9. The number of amides is 1. The zero-order valence-corrected chi connectivity index (χ0v) is 23.5. The van der Waals surface area contributed by atoms with Crippen molar-refractivity contribution in [2.45, 2.75) is 39.7 Å². The molecule has 2 heterocycles. The molecule has 0 aliphatic carbocycles. The first-order valence-corrected chi connectivity index (χ1v) is 13.0. The molecule has 9 nitrogen and oxygen atoms in total. The van der Waals surface area contributed by atoms with Crippen molar-refractivity contribution in [1.29, 1.82) is 0 Å². The van der Waals surface area contributed by atoms with Gasteiger partial charge in [0.2, 0.25) is 5.91 Å². The number of anilines is 2. The Morgan fingerprint density at radius 2 is 1.62 bits per heavy atom. The number of carbonyl (C=O) groups is 2. The third-order valence-electron chi connectivity index (χ3n) is 5.29. The highest BCUT2D eigenvalue weighted by Gasteiger charge is 2.14. The molecule has 2 aromatic carbocycles. The largest absolute Gasteiger partial charge is 0.388 e. The number of nitrogens with one attached hydrogen (secondary N) is 2. The molecule has 4 rings (SSSR count). The van der Waals surface area contributed by atoms with Crippen LogP contribution in [0.4, 0.5) is 10.8 Å². The number of rotatable bonds is 7. The molecule has 1 atom stereocenters. The quantitative estimate of drug-likeness (QED) is 0.194. The van der Waals surface area contributed by atoms with Gasteiger partial charge in [-0.05, 0) is 44.5 Å². The van der Waals surface area contributed by atoms with Crippen molar-refractivity contribution in [2.75, 3.05) is 17.8 Å². The Morgan fingerprint density at radius 3 is 2.18 bits per heavy atom. The van der Waals surface area contributed by atoms with E-state index in [4.69, 9.17) is 10.0 Å². The molecular weight excluding hydrogens is 514 g/mol. The number of thiazole rings is 1. The first-order chi connectivity index (χ1) is 18.9. The molecule has 2 aromatic heterocycles. The number of aryl methyl sites for hydroxylation is 2. The molecule has 10 heteroatoms. The van der Waals surface area contributed by atoms with Crippen LogP contribution in [0.15, 0.2) is 72.9 Å². The van der Waals surface area contributed by atoms with E-state index in [2.05, 4.69) is 26.5 Å². The number of hydrogen-bond donors (Lipinski definition) is 5. The van der Waals surface area contributed by atoms with E-state index in [1.165, 1.54) is 18.4 Å². The SMILES string of the molecule is C=O.CCC(O)c1ccccc1.CN.Cc1ncc(-c2sc(NC(=O)Cc3ccccc3)nc2C)cc1NO. The van der Waals surface area contributed by atoms with Gasteiger partial charge in [-0.3, -0.25) is 20.5 Å². The lowest BCUT2D eigenvalue weighted by molar-refractivity contribution is -0.115. The summed E-state index contributed by atoms with van der Waals surface area (Å²) in [6.07, 6.45) is 2.52. The third kappa shape index (κ3) is 10.7. The van der Waals surface area contributed by atoms with Crippen molar-refractivity contribution in [3.8, 4) is 10.4 Å². The number of carbonyl (C=O) groups excluding carboxylic acids is 2. The van der Waals surface area contributed by atoms with Gasteiger partial charge in [0.1, 0.15) is 6.79 Å². The molecule has 0 aliphatic heterocycles. The highest BCUT2D eigenvalue weighted by Crippen LogP contribution is 2.34. The monoisotopic (exact) mass is 551 g/mol. The van der Waals surface area contributed by atoms with Crippen LogP contribution in [0.2, 0.25) is 0 Å². The number of aliphatic hydroxyl groups is 1. The van der Waals surface area contributed by atoms with Crippen LogP contribution in [0.1, 0.15) is 42.0 Å². The van der Waals surface area contributed by atoms with Crippen molar-refractivity contribution < 1.29 is 19.9 Å². The van der Waals surface area contributed by atoms with Crippen LogP contribution in [0.25, 0.3) is 10.4 Å². The van der Waals surface area contributed by atoms with E-state index in [1.807, 2.05) is 81.3 Å². The van der Waals surface area contributed by atoms with Gasteiger partial charge in [0.15, 0.2) is 5.13 Å². The summed E-state index contributed by atoms with van der Waals surface area (Å²) in [6, 6.07) is 21.1. The van der Waals surface area contributed by atoms with E-state index < -0.39 is 0 Å². The molecule has 4 aromatic rings. The molecular formula is C29H37N5O4S. The van der Waals surface area contributed by atoms with Crippen molar-refractivity contribution in [2.24, 2.45) is 5.73 Å². The number of aromatic nitrogens is 2. The molecule has 39 heavy (non-hydrogen) atoms. The van der Waals surface area contributed by atoms with Gasteiger partial charge in [-0.25, -0.2) is 4.98 Å². The van der Waals surface area contributed by atoms with Gasteiger partial charge in [-0.1, -0.05) is 78.9 Å².